The molecule has 4 heteroatoms. The Bertz CT molecular complexity index is 426. The van der Waals surface area contributed by atoms with Crippen molar-refractivity contribution in [3.63, 3.8) is 0 Å². The number of nitrogens with zero attached hydrogens (tertiary/aromatic N) is 1. The largest absolute Gasteiger partial charge is 0.494 e. The average molecular weight is 191 g/mol. The summed E-state index contributed by atoms with van der Waals surface area (Å²) in [6, 6.07) is 4.90. The first kappa shape index (κ1) is 8.74. The maximum atomic E-state index is 13.6. The Hall–Kier alpha value is -1.84. The van der Waals surface area contributed by atoms with Crippen LogP contribution in [0.2, 0.25) is 0 Å². The van der Waals surface area contributed by atoms with Crippen molar-refractivity contribution in [3.8, 4) is 17.0 Å². The number of methoxy groups -OCH3 is 1. The quantitative estimate of drug-likeness (QED) is 0.788. The number of halogens is 1. The molecule has 1 N–H and O–H groups in total. The van der Waals surface area contributed by atoms with Gasteiger partial charge < -0.3 is 9.72 Å². The number of aromatic amines is 1. The van der Waals surface area contributed by atoms with Crippen LogP contribution < -0.4 is 4.74 Å². The van der Waals surface area contributed by atoms with E-state index >= 15 is 0 Å². The van der Waals surface area contributed by atoms with Gasteiger partial charge in [0, 0.05) is 5.56 Å². The van der Waals surface area contributed by atoms with Gasteiger partial charge in [0.05, 0.1) is 19.6 Å². The monoisotopic (exact) mass is 191 g/mol. The standard InChI is InChI=1S/C10H8FN2O/c1-14-9-4-2-3-7(10(9)11)8-5-12-6-13-8/h2-4,6H,1H3,(H,12,13). The Balaban J connectivity index is 2.54. The minimum Gasteiger partial charge on any atom is -0.494 e. The molecule has 0 amide bonds. The highest BCUT2D eigenvalue weighted by Gasteiger charge is 2.11. The van der Waals surface area contributed by atoms with E-state index in [1.807, 2.05) is 0 Å². The van der Waals surface area contributed by atoms with Crippen molar-refractivity contribution in [2.75, 3.05) is 7.11 Å². The summed E-state index contributed by atoms with van der Waals surface area (Å²) in [5, 5.41) is 0. The molecule has 71 valence electrons. The molecule has 2 rings (SSSR count). The van der Waals surface area contributed by atoms with Crippen LogP contribution in [0.25, 0.3) is 11.3 Å². The molecule has 0 aliphatic carbocycles. The third kappa shape index (κ3) is 1.35. The maximum absolute atomic E-state index is 13.6. The van der Waals surface area contributed by atoms with E-state index in [1.54, 1.807) is 18.2 Å². The molecule has 0 aliphatic heterocycles. The van der Waals surface area contributed by atoms with Crippen LogP contribution >= 0.6 is 0 Å². The lowest BCUT2D eigenvalue weighted by atomic mass is 10.1. The van der Waals surface area contributed by atoms with Crippen LogP contribution in [0.15, 0.2) is 24.5 Å². The summed E-state index contributed by atoms with van der Waals surface area (Å²) in [6.45, 7) is 0. The van der Waals surface area contributed by atoms with Gasteiger partial charge in [-0.3, -0.25) is 0 Å². The van der Waals surface area contributed by atoms with Gasteiger partial charge in [-0.1, -0.05) is 6.07 Å². The minimum atomic E-state index is -0.418. The van der Waals surface area contributed by atoms with E-state index in [1.165, 1.54) is 13.4 Å². The second-order valence-corrected chi connectivity index (χ2v) is 2.70. The lowest BCUT2D eigenvalue weighted by molar-refractivity contribution is 0.387. The zero-order valence-corrected chi connectivity index (χ0v) is 7.54. The van der Waals surface area contributed by atoms with Crippen LogP contribution in [-0.4, -0.2) is 17.1 Å². The van der Waals surface area contributed by atoms with Gasteiger partial charge in [-0.2, -0.15) is 0 Å². The van der Waals surface area contributed by atoms with Gasteiger partial charge in [0.15, 0.2) is 11.6 Å². The highest BCUT2D eigenvalue weighted by atomic mass is 19.1. The molecule has 1 aromatic carbocycles. The summed E-state index contributed by atoms with van der Waals surface area (Å²) in [5.41, 5.74) is 0.826. The van der Waals surface area contributed by atoms with Gasteiger partial charge in [-0.25, -0.2) is 9.37 Å². The van der Waals surface area contributed by atoms with Gasteiger partial charge in [0.2, 0.25) is 0 Å². The van der Waals surface area contributed by atoms with Gasteiger partial charge >= 0.3 is 0 Å². The normalized spacial score (nSPS) is 10.1. The third-order valence-corrected chi connectivity index (χ3v) is 1.89. The number of rotatable bonds is 2. The topological polar surface area (TPSA) is 37.9 Å². The highest BCUT2D eigenvalue weighted by Crippen LogP contribution is 2.26. The summed E-state index contributed by atoms with van der Waals surface area (Å²) < 4.78 is 18.5. The fraction of sp³-hybridized carbons (Fsp3) is 0.100. The lowest BCUT2D eigenvalue weighted by Crippen LogP contribution is -1.91. The molecule has 0 unspecified atom stereocenters. The van der Waals surface area contributed by atoms with Crippen LogP contribution in [0.5, 0.6) is 5.75 Å². The van der Waals surface area contributed by atoms with E-state index in [0.717, 1.165) is 0 Å². The predicted octanol–water partition coefficient (Wildman–Crippen LogP) is 2.02. The van der Waals surface area contributed by atoms with Crippen molar-refractivity contribution in [1.82, 2.24) is 9.97 Å². The number of H-pyrrole nitrogens is 1. The SMILES string of the molecule is COc1cccc(-c2[c][nH]cn2)c1F. The molecule has 0 bridgehead atoms. The summed E-state index contributed by atoms with van der Waals surface area (Å²) in [6.07, 6.45) is 4.17. The molecule has 1 heterocycles. The van der Waals surface area contributed by atoms with Crippen LogP contribution in [0.1, 0.15) is 0 Å². The number of hydrogen-bond acceptors (Lipinski definition) is 2. The van der Waals surface area contributed by atoms with Crippen LogP contribution in [-0.2, 0) is 0 Å². The van der Waals surface area contributed by atoms with E-state index in [9.17, 15) is 4.39 Å². The second-order valence-electron chi connectivity index (χ2n) is 2.70. The first-order chi connectivity index (χ1) is 6.83. The Kier molecular flexibility index (Phi) is 2.18. The molecule has 1 radical (unpaired) electrons. The molecular weight excluding hydrogens is 183 g/mol. The molecular formula is C10H8FN2O. The zero-order chi connectivity index (χ0) is 9.97. The van der Waals surface area contributed by atoms with Crippen molar-refractivity contribution >= 4 is 0 Å². The van der Waals surface area contributed by atoms with E-state index in [-0.39, 0.29) is 5.75 Å². The van der Waals surface area contributed by atoms with Crippen LogP contribution in [0, 0.1) is 12.0 Å². The molecule has 0 fully saturated rings. The molecule has 0 atom stereocenters. The van der Waals surface area contributed by atoms with E-state index in [0.29, 0.717) is 11.3 Å². The number of ether oxygens (including phenoxy) is 1. The van der Waals surface area contributed by atoms with Gasteiger partial charge in [0.1, 0.15) is 5.69 Å². The number of benzene rings is 1. The van der Waals surface area contributed by atoms with Crippen molar-refractivity contribution in [2.45, 2.75) is 0 Å². The first-order valence-electron chi connectivity index (χ1n) is 4.07. The van der Waals surface area contributed by atoms with Crippen molar-refractivity contribution in [1.29, 1.82) is 0 Å². The Morgan fingerprint density at radius 3 is 3.00 bits per heavy atom. The minimum absolute atomic E-state index is 0.207. The summed E-state index contributed by atoms with van der Waals surface area (Å²) in [4.78, 5) is 6.57. The van der Waals surface area contributed by atoms with Gasteiger partial charge in [0.25, 0.3) is 0 Å². The smallest absolute Gasteiger partial charge is 0.174 e. The zero-order valence-electron chi connectivity index (χ0n) is 7.54. The summed E-state index contributed by atoms with van der Waals surface area (Å²) in [7, 11) is 1.43. The van der Waals surface area contributed by atoms with Gasteiger partial charge in [-0.05, 0) is 12.1 Å². The number of imidazole rings is 1. The Morgan fingerprint density at radius 1 is 1.50 bits per heavy atom. The number of nitrogens with one attached hydrogen (secondary N) is 1. The van der Waals surface area contributed by atoms with Crippen LogP contribution in [0.3, 0.4) is 0 Å². The predicted molar refractivity (Wildman–Crippen MR) is 49.4 cm³/mol. The molecule has 0 saturated heterocycles. The average Bonchev–Trinajstić information content (AvgIpc) is 2.71. The Labute approximate surface area is 80.6 Å². The molecule has 3 nitrogen and oxygen atoms in total. The fourth-order valence-electron chi connectivity index (χ4n) is 1.22. The first-order valence-corrected chi connectivity index (χ1v) is 4.07. The fourth-order valence-corrected chi connectivity index (χ4v) is 1.22. The van der Waals surface area contributed by atoms with Crippen LogP contribution in [0.4, 0.5) is 4.39 Å². The molecule has 0 spiro atoms. The van der Waals surface area contributed by atoms with E-state index in [2.05, 4.69) is 16.2 Å². The molecule has 0 saturated carbocycles. The number of hydrogen-bond donors (Lipinski definition) is 1. The second kappa shape index (κ2) is 3.49. The third-order valence-electron chi connectivity index (χ3n) is 1.89. The van der Waals surface area contributed by atoms with E-state index < -0.39 is 5.82 Å². The van der Waals surface area contributed by atoms with Crippen molar-refractivity contribution in [2.24, 2.45) is 0 Å². The van der Waals surface area contributed by atoms with E-state index in [4.69, 9.17) is 4.74 Å². The maximum Gasteiger partial charge on any atom is 0.174 e. The molecule has 14 heavy (non-hydrogen) atoms. The molecule has 0 aliphatic rings. The van der Waals surface area contributed by atoms with Crippen molar-refractivity contribution in [3.05, 3.63) is 36.5 Å². The number of aromatic nitrogens is 2. The highest BCUT2D eigenvalue weighted by molar-refractivity contribution is 5.60. The summed E-state index contributed by atoms with van der Waals surface area (Å²) >= 11 is 0. The van der Waals surface area contributed by atoms with Gasteiger partial charge in [-0.15, -0.1) is 0 Å². The molecule has 1 aromatic heterocycles. The Morgan fingerprint density at radius 2 is 2.36 bits per heavy atom. The summed E-state index contributed by atoms with van der Waals surface area (Å²) in [5.74, 6) is -0.211. The lowest BCUT2D eigenvalue weighted by Gasteiger charge is -2.04. The molecule has 2 aromatic rings. The van der Waals surface area contributed by atoms with Crippen molar-refractivity contribution < 1.29 is 9.13 Å².